The minimum atomic E-state index is -0.257. The summed E-state index contributed by atoms with van der Waals surface area (Å²) in [6.07, 6.45) is 1.56. The van der Waals surface area contributed by atoms with Crippen LogP contribution < -0.4 is 10.2 Å². The zero-order chi connectivity index (χ0) is 20.4. The number of hydrogen-bond acceptors (Lipinski definition) is 6. The molecule has 3 aromatic heterocycles. The monoisotopic (exact) mass is 390 g/mol. The third-order valence-corrected chi connectivity index (χ3v) is 4.89. The number of fused-ring (bicyclic) bond motifs is 1. The molecule has 148 valence electrons. The summed E-state index contributed by atoms with van der Waals surface area (Å²) in [7, 11) is 0. The van der Waals surface area contributed by atoms with Crippen molar-refractivity contribution < 1.29 is 13.7 Å². The van der Waals surface area contributed by atoms with E-state index >= 15 is 0 Å². The number of nitrogens with zero attached hydrogens (tertiary/aromatic N) is 3. The van der Waals surface area contributed by atoms with Crippen LogP contribution in [0.5, 0.6) is 0 Å². The number of nitrogens with one attached hydrogen (secondary N) is 1. The molecule has 0 atom stereocenters. The van der Waals surface area contributed by atoms with Gasteiger partial charge in [0.25, 0.3) is 11.6 Å². The van der Waals surface area contributed by atoms with Crippen molar-refractivity contribution in [2.24, 2.45) is 0 Å². The fourth-order valence-corrected chi connectivity index (χ4v) is 3.37. The summed E-state index contributed by atoms with van der Waals surface area (Å²) in [4.78, 5) is 19.8. The van der Waals surface area contributed by atoms with Gasteiger partial charge < -0.3 is 19.2 Å². The third-order valence-electron chi connectivity index (χ3n) is 4.89. The van der Waals surface area contributed by atoms with E-state index in [1.807, 2.05) is 24.3 Å². The molecule has 7 heteroatoms. The first-order chi connectivity index (χ1) is 14.1. The first-order valence-electron chi connectivity index (χ1n) is 9.58. The Morgan fingerprint density at radius 3 is 2.55 bits per heavy atom. The predicted octanol–water partition coefficient (Wildman–Crippen LogP) is 4.89. The minimum Gasteiger partial charge on any atom is -0.463 e. The summed E-state index contributed by atoms with van der Waals surface area (Å²) in [5.41, 5.74) is 3.70. The maximum atomic E-state index is 13.1. The summed E-state index contributed by atoms with van der Waals surface area (Å²) >= 11 is 0. The van der Waals surface area contributed by atoms with Crippen LogP contribution in [0.25, 0.3) is 22.6 Å². The number of carbonyl (C=O) groups is 1. The summed E-state index contributed by atoms with van der Waals surface area (Å²) in [6, 6.07) is 13.1. The number of furan rings is 1. The van der Waals surface area contributed by atoms with Crippen LogP contribution in [0.15, 0.2) is 57.7 Å². The van der Waals surface area contributed by atoms with Gasteiger partial charge in [-0.25, -0.2) is 4.98 Å². The predicted molar refractivity (Wildman–Crippen MR) is 112 cm³/mol. The van der Waals surface area contributed by atoms with Crippen LogP contribution in [0, 0.1) is 6.92 Å². The van der Waals surface area contributed by atoms with Gasteiger partial charge in [-0.15, -0.1) is 0 Å². The van der Waals surface area contributed by atoms with Crippen molar-refractivity contribution in [1.29, 1.82) is 0 Å². The lowest BCUT2D eigenvalue weighted by atomic mass is 10.1. The molecule has 0 aliphatic heterocycles. The number of amides is 1. The molecule has 0 saturated heterocycles. The highest BCUT2D eigenvalue weighted by Gasteiger charge is 2.20. The van der Waals surface area contributed by atoms with Crippen molar-refractivity contribution in [2.45, 2.75) is 20.8 Å². The van der Waals surface area contributed by atoms with E-state index in [0.29, 0.717) is 39.5 Å². The molecule has 4 aromatic rings. The van der Waals surface area contributed by atoms with Crippen molar-refractivity contribution in [3.05, 3.63) is 60.0 Å². The number of rotatable bonds is 6. The van der Waals surface area contributed by atoms with E-state index in [2.05, 4.69) is 34.2 Å². The minimum absolute atomic E-state index is 0.257. The van der Waals surface area contributed by atoms with Gasteiger partial charge in [-0.1, -0.05) is 5.16 Å². The number of benzene rings is 1. The van der Waals surface area contributed by atoms with Gasteiger partial charge in [0.2, 0.25) is 0 Å². The molecule has 3 heterocycles. The molecule has 29 heavy (non-hydrogen) atoms. The highest BCUT2D eigenvalue weighted by Crippen LogP contribution is 2.28. The van der Waals surface area contributed by atoms with E-state index in [-0.39, 0.29) is 5.91 Å². The SMILES string of the molecule is CCN(CC)c1ccc(NC(=O)c2cc(-c3ccco3)nc3onc(C)c23)cc1. The smallest absolute Gasteiger partial charge is 0.259 e. The molecular weight excluding hydrogens is 368 g/mol. The van der Waals surface area contributed by atoms with E-state index in [0.717, 1.165) is 18.8 Å². The second kappa shape index (κ2) is 7.79. The van der Waals surface area contributed by atoms with Gasteiger partial charge in [0.1, 0.15) is 5.69 Å². The quantitative estimate of drug-likeness (QED) is 0.505. The molecule has 0 bridgehead atoms. The second-order valence-electron chi connectivity index (χ2n) is 6.65. The van der Waals surface area contributed by atoms with Crippen molar-refractivity contribution in [2.75, 3.05) is 23.3 Å². The van der Waals surface area contributed by atoms with Gasteiger partial charge in [0.15, 0.2) is 5.76 Å². The van der Waals surface area contributed by atoms with Crippen molar-refractivity contribution in [1.82, 2.24) is 10.1 Å². The molecule has 1 aromatic carbocycles. The summed E-state index contributed by atoms with van der Waals surface area (Å²) < 4.78 is 10.7. The molecular formula is C22H22N4O3. The van der Waals surface area contributed by atoms with Crippen LogP contribution in [0.4, 0.5) is 11.4 Å². The average Bonchev–Trinajstić information content (AvgIpc) is 3.40. The van der Waals surface area contributed by atoms with E-state index in [1.54, 1.807) is 31.4 Å². The standard InChI is InChI=1S/C22H22N4O3/c1-4-26(5-2)16-10-8-15(9-11-16)23-21(27)17-13-18(19-7-6-12-28-19)24-22-20(17)14(3)25-29-22/h6-13H,4-5H2,1-3H3,(H,23,27). The van der Waals surface area contributed by atoms with Crippen molar-refractivity contribution in [3.63, 3.8) is 0 Å². The lowest BCUT2D eigenvalue weighted by molar-refractivity contribution is 0.102. The largest absolute Gasteiger partial charge is 0.463 e. The molecule has 0 fully saturated rings. The molecule has 1 amide bonds. The average molecular weight is 390 g/mol. The Labute approximate surface area is 168 Å². The van der Waals surface area contributed by atoms with Crippen LogP contribution in [-0.4, -0.2) is 29.1 Å². The zero-order valence-corrected chi connectivity index (χ0v) is 16.6. The molecule has 0 spiro atoms. The van der Waals surface area contributed by atoms with Crippen molar-refractivity contribution in [3.8, 4) is 11.5 Å². The van der Waals surface area contributed by atoms with Crippen molar-refractivity contribution >= 4 is 28.4 Å². The summed E-state index contributed by atoms with van der Waals surface area (Å²) in [5, 5.41) is 7.52. The maximum Gasteiger partial charge on any atom is 0.259 e. The number of carbonyl (C=O) groups excluding carboxylic acids is 1. The van der Waals surface area contributed by atoms with Crippen LogP contribution in [0.2, 0.25) is 0 Å². The zero-order valence-electron chi connectivity index (χ0n) is 16.6. The molecule has 0 saturated carbocycles. The van der Waals surface area contributed by atoms with Gasteiger partial charge in [0.05, 0.1) is 22.9 Å². The normalized spacial score (nSPS) is 11.0. The highest BCUT2D eigenvalue weighted by atomic mass is 16.5. The molecule has 0 radical (unpaired) electrons. The Bertz CT molecular complexity index is 1130. The fourth-order valence-electron chi connectivity index (χ4n) is 3.37. The lowest BCUT2D eigenvalue weighted by Gasteiger charge is -2.21. The molecule has 0 unspecified atom stereocenters. The third kappa shape index (κ3) is 3.59. The Balaban J connectivity index is 1.67. The lowest BCUT2D eigenvalue weighted by Crippen LogP contribution is -2.21. The van der Waals surface area contributed by atoms with E-state index in [4.69, 9.17) is 8.94 Å². The fraction of sp³-hybridized carbons (Fsp3) is 0.227. The number of anilines is 2. The number of pyridine rings is 1. The molecule has 4 rings (SSSR count). The molecule has 1 N–H and O–H groups in total. The Morgan fingerprint density at radius 2 is 1.90 bits per heavy atom. The number of hydrogen-bond donors (Lipinski definition) is 1. The van der Waals surface area contributed by atoms with Crippen LogP contribution in [-0.2, 0) is 0 Å². The van der Waals surface area contributed by atoms with Gasteiger partial charge in [-0.05, 0) is 63.2 Å². The summed E-state index contributed by atoms with van der Waals surface area (Å²) in [5.74, 6) is 0.297. The van der Waals surface area contributed by atoms with Crippen LogP contribution in [0.1, 0.15) is 29.9 Å². The summed E-state index contributed by atoms with van der Waals surface area (Å²) in [6.45, 7) is 7.88. The maximum absolute atomic E-state index is 13.1. The van der Waals surface area contributed by atoms with E-state index < -0.39 is 0 Å². The first kappa shape index (κ1) is 18.7. The second-order valence-corrected chi connectivity index (χ2v) is 6.65. The Morgan fingerprint density at radius 1 is 1.14 bits per heavy atom. The molecule has 0 aliphatic rings. The van der Waals surface area contributed by atoms with Crippen LogP contribution in [0.3, 0.4) is 0 Å². The van der Waals surface area contributed by atoms with E-state index in [1.165, 1.54) is 0 Å². The number of aromatic nitrogens is 2. The van der Waals surface area contributed by atoms with E-state index in [9.17, 15) is 4.79 Å². The van der Waals surface area contributed by atoms with Gasteiger partial charge in [0, 0.05) is 24.5 Å². The Kier molecular flexibility index (Phi) is 5.03. The molecule has 7 nitrogen and oxygen atoms in total. The van der Waals surface area contributed by atoms with Gasteiger partial charge in [-0.2, -0.15) is 0 Å². The first-order valence-corrected chi connectivity index (χ1v) is 9.58. The number of aryl methyl sites for hydroxylation is 1. The Hall–Kier alpha value is -3.61. The van der Waals surface area contributed by atoms with Gasteiger partial charge in [-0.3, -0.25) is 4.79 Å². The van der Waals surface area contributed by atoms with Crippen LogP contribution >= 0.6 is 0 Å². The van der Waals surface area contributed by atoms with Gasteiger partial charge >= 0.3 is 0 Å². The highest BCUT2D eigenvalue weighted by molar-refractivity contribution is 6.13. The topological polar surface area (TPSA) is 84.4 Å². The molecule has 0 aliphatic carbocycles.